The van der Waals surface area contributed by atoms with E-state index in [2.05, 4.69) is 4.98 Å². The Morgan fingerprint density at radius 3 is 2.87 bits per heavy atom. The van der Waals surface area contributed by atoms with Crippen LogP contribution in [0.5, 0.6) is 0 Å². The Morgan fingerprint density at radius 2 is 2.27 bits per heavy atom. The Morgan fingerprint density at radius 1 is 1.53 bits per heavy atom. The minimum Gasteiger partial charge on any atom is -0.476 e. The van der Waals surface area contributed by atoms with Crippen LogP contribution in [0.1, 0.15) is 16.3 Å². The molecule has 0 bridgehead atoms. The van der Waals surface area contributed by atoms with Crippen LogP contribution in [0, 0.1) is 0 Å². The van der Waals surface area contributed by atoms with Crippen LogP contribution in [-0.2, 0) is 6.54 Å². The summed E-state index contributed by atoms with van der Waals surface area (Å²) in [6, 6.07) is 3.24. The number of imidazole rings is 1. The van der Waals surface area contributed by atoms with Gasteiger partial charge in [0.1, 0.15) is 5.82 Å². The van der Waals surface area contributed by atoms with E-state index in [4.69, 9.17) is 16.6 Å². The molecule has 2 rings (SSSR count). The maximum absolute atomic E-state index is 10.9. The van der Waals surface area contributed by atoms with E-state index >= 15 is 0 Å². The molecule has 15 heavy (non-hydrogen) atoms. The fraction of sp³-hybridized carbons (Fsp3) is 0.111. The van der Waals surface area contributed by atoms with Crippen LogP contribution in [0.25, 0.3) is 5.52 Å². The molecule has 0 aliphatic heterocycles. The summed E-state index contributed by atoms with van der Waals surface area (Å²) < 4.78 is 1.60. The lowest BCUT2D eigenvalue weighted by Crippen LogP contribution is -2.03. The molecular formula is C9H10N4O2. The van der Waals surface area contributed by atoms with E-state index in [1.807, 2.05) is 0 Å². The normalized spacial score (nSPS) is 10.7. The first-order chi connectivity index (χ1) is 7.13. The number of fused-ring (bicyclic) bond motifs is 1. The summed E-state index contributed by atoms with van der Waals surface area (Å²) in [5, 5.41) is 8.91. The lowest BCUT2D eigenvalue weighted by Gasteiger charge is -1.99. The SMILES string of the molecule is NCc1nc(C(=O)O)c2ccc(N)cn12. The number of nitrogen functional groups attached to an aromatic ring is 1. The molecule has 0 atom stereocenters. The molecule has 0 saturated carbocycles. The van der Waals surface area contributed by atoms with Crippen molar-refractivity contribution in [2.45, 2.75) is 6.54 Å². The van der Waals surface area contributed by atoms with Crippen molar-refractivity contribution in [2.24, 2.45) is 5.73 Å². The number of pyridine rings is 1. The maximum Gasteiger partial charge on any atom is 0.356 e. The van der Waals surface area contributed by atoms with Crippen molar-refractivity contribution < 1.29 is 9.90 Å². The van der Waals surface area contributed by atoms with Gasteiger partial charge in [0, 0.05) is 11.9 Å². The Kier molecular flexibility index (Phi) is 2.05. The molecule has 2 aromatic rings. The van der Waals surface area contributed by atoms with Gasteiger partial charge < -0.3 is 16.6 Å². The minimum absolute atomic E-state index is 0.00421. The number of hydrogen-bond acceptors (Lipinski definition) is 4. The largest absolute Gasteiger partial charge is 0.476 e. The van der Waals surface area contributed by atoms with Crippen LogP contribution in [0.4, 0.5) is 5.69 Å². The standard InChI is InChI=1S/C9H10N4O2/c10-3-7-12-8(9(14)15)6-2-1-5(11)4-13(6)7/h1-2,4H,3,10-11H2,(H,14,15). The first-order valence-electron chi connectivity index (χ1n) is 4.33. The van der Waals surface area contributed by atoms with Gasteiger partial charge in [0.05, 0.1) is 12.1 Å². The highest BCUT2D eigenvalue weighted by Crippen LogP contribution is 2.15. The highest BCUT2D eigenvalue weighted by Gasteiger charge is 2.15. The van der Waals surface area contributed by atoms with Crippen LogP contribution in [0.3, 0.4) is 0 Å². The van der Waals surface area contributed by atoms with E-state index in [9.17, 15) is 4.79 Å². The number of nitrogens with two attached hydrogens (primary N) is 2. The summed E-state index contributed by atoms with van der Waals surface area (Å²) in [6.07, 6.45) is 1.61. The summed E-state index contributed by atoms with van der Waals surface area (Å²) >= 11 is 0. The average molecular weight is 206 g/mol. The molecule has 0 spiro atoms. The highest BCUT2D eigenvalue weighted by molar-refractivity contribution is 5.93. The summed E-state index contributed by atoms with van der Waals surface area (Å²) in [5.74, 6) is -0.591. The Bertz CT molecular complexity index is 532. The van der Waals surface area contributed by atoms with Crippen LogP contribution in [0.15, 0.2) is 18.3 Å². The first kappa shape index (κ1) is 9.47. The van der Waals surface area contributed by atoms with E-state index in [1.165, 1.54) is 0 Å². The highest BCUT2D eigenvalue weighted by atomic mass is 16.4. The lowest BCUT2D eigenvalue weighted by molar-refractivity contribution is 0.0693. The maximum atomic E-state index is 10.9. The third-order valence-corrected chi connectivity index (χ3v) is 2.12. The predicted octanol–water partition coefficient (Wildman–Crippen LogP) is 0.0734. The molecule has 0 aliphatic carbocycles. The number of carboxylic acids is 1. The Labute approximate surface area is 85.1 Å². The molecule has 0 amide bonds. The van der Waals surface area contributed by atoms with E-state index in [0.717, 1.165) is 0 Å². The molecule has 5 N–H and O–H groups in total. The molecule has 0 saturated heterocycles. The van der Waals surface area contributed by atoms with Gasteiger partial charge in [-0.05, 0) is 12.1 Å². The zero-order chi connectivity index (χ0) is 11.0. The number of carbonyl (C=O) groups is 1. The molecular weight excluding hydrogens is 196 g/mol. The molecule has 0 radical (unpaired) electrons. The van der Waals surface area contributed by atoms with E-state index in [1.54, 1.807) is 22.7 Å². The average Bonchev–Trinajstić information content (AvgIpc) is 2.55. The van der Waals surface area contributed by atoms with Crippen molar-refractivity contribution in [3.63, 3.8) is 0 Å². The first-order valence-corrected chi connectivity index (χ1v) is 4.33. The molecule has 0 unspecified atom stereocenters. The molecule has 2 aromatic heterocycles. The van der Waals surface area contributed by atoms with Gasteiger partial charge in [0.25, 0.3) is 0 Å². The van der Waals surface area contributed by atoms with Crippen LogP contribution >= 0.6 is 0 Å². The quantitative estimate of drug-likeness (QED) is 0.644. The van der Waals surface area contributed by atoms with Crippen molar-refractivity contribution >= 4 is 17.2 Å². The zero-order valence-corrected chi connectivity index (χ0v) is 7.84. The Balaban J connectivity index is 2.81. The number of aromatic carboxylic acids is 1. The predicted molar refractivity (Wildman–Crippen MR) is 54.5 cm³/mol. The van der Waals surface area contributed by atoms with Gasteiger partial charge in [0.15, 0.2) is 5.69 Å². The van der Waals surface area contributed by atoms with Crippen LogP contribution < -0.4 is 11.5 Å². The molecule has 0 fully saturated rings. The third-order valence-electron chi connectivity index (χ3n) is 2.12. The van der Waals surface area contributed by atoms with Crippen LogP contribution in [-0.4, -0.2) is 20.5 Å². The van der Waals surface area contributed by atoms with Gasteiger partial charge in [-0.2, -0.15) is 0 Å². The number of hydrogen-bond donors (Lipinski definition) is 3. The summed E-state index contributed by atoms with van der Waals surface area (Å²) in [4.78, 5) is 14.8. The smallest absolute Gasteiger partial charge is 0.356 e. The lowest BCUT2D eigenvalue weighted by atomic mass is 10.3. The van der Waals surface area contributed by atoms with E-state index < -0.39 is 5.97 Å². The summed E-state index contributed by atoms with van der Waals surface area (Å²) in [7, 11) is 0. The number of rotatable bonds is 2. The second kappa shape index (κ2) is 3.25. The van der Waals surface area contributed by atoms with Gasteiger partial charge in [-0.15, -0.1) is 0 Å². The van der Waals surface area contributed by atoms with Gasteiger partial charge in [-0.1, -0.05) is 0 Å². The Hall–Kier alpha value is -2.08. The monoisotopic (exact) mass is 206 g/mol. The summed E-state index contributed by atoms with van der Waals surface area (Å²) in [6.45, 7) is 0.165. The minimum atomic E-state index is -1.07. The van der Waals surface area contributed by atoms with Gasteiger partial charge in [-0.3, -0.25) is 4.40 Å². The number of nitrogens with zero attached hydrogens (tertiary/aromatic N) is 2. The van der Waals surface area contributed by atoms with Gasteiger partial charge in [-0.25, -0.2) is 9.78 Å². The van der Waals surface area contributed by atoms with Crippen molar-refractivity contribution in [2.75, 3.05) is 5.73 Å². The van der Waals surface area contributed by atoms with Gasteiger partial charge >= 0.3 is 5.97 Å². The topological polar surface area (TPSA) is 107 Å². The van der Waals surface area contributed by atoms with E-state index in [-0.39, 0.29) is 12.2 Å². The second-order valence-electron chi connectivity index (χ2n) is 3.10. The molecule has 6 heteroatoms. The number of anilines is 1. The van der Waals surface area contributed by atoms with Crippen molar-refractivity contribution in [3.8, 4) is 0 Å². The molecule has 0 aliphatic rings. The van der Waals surface area contributed by atoms with Crippen molar-refractivity contribution in [1.82, 2.24) is 9.38 Å². The fourth-order valence-corrected chi connectivity index (χ4v) is 1.47. The number of carboxylic acid groups (broad SMARTS) is 1. The van der Waals surface area contributed by atoms with E-state index in [0.29, 0.717) is 17.0 Å². The third kappa shape index (κ3) is 1.40. The molecule has 78 valence electrons. The second-order valence-corrected chi connectivity index (χ2v) is 3.10. The fourth-order valence-electron chi connectivity index (χ4n) is 1.47. The van der Waals surface area contributed by atoms with Crippen LogP contribution in [0.2, 0.25) is 0 Å². The van der Waals surface area contributed by atoms with Gasteiger partial charge in [0.2, 0.25) is 0 Å². The summed E-state index contributed by atoms with van der Waals surface area (Å²) in [5.41, 5.74) is 12.1. The molecule has 0 aromatic carbocycles. The van der Waals surface area contributed by atoms with Crippen molar-refractivity contribution in [1.29, 1.82) is 0 Å². The van der Waals surface area contributed by atoms with Crippen molar-refractivity contribution in [3.05, 3.63) is 29.8 Å². The zero-order valence-electron chi connectivity index (χ0n) is 7.84. The molecule has 6 nitrogen and oxygen atoms in total. The number of aromatic nitrogens is 2. The molecule has 2 heterocycles.